The lowest BCUT2D eigenvalue weighted by Crippen LogP contribution is -2.70. The summed E-state index contributed by atoms with van der Waals surface area (Å²) in [4.78, 5) is 46.8. The lowest BCUT2D eigenvalue weighted by atomic mass is 9.55. The minimum absolute atomic E-state index is 0.00106. The third kappa shape index (κ3) is 12.6. The van der Waals surface area contributed by atoms with E-state index in [1.165, 1.54) is 29.2 Å². The molecule has 0 saturated heterocycles. The van der Waals surface area contributed by atoms with Crippen LogP contribution in [0.4, 0.5) is 15.3 Å². The fraction of sp³-hybridized carbons (Fsp3) is 0.415. The second-order valence-electron chi connectivity index (χ2n) is 17.4. The molecule has 4 aromatic rings. The molecule has 4 N–H and O–H groups in total. The molecule has 17 heteroatoms. The van der Waals surface area contributed by atoms with Crippen LogP contribution in [0.1, 0.15) is 67.6 Å². The number of benzene rings is 4. The van der Waals surface area contributed by atoms with Crippen molar-refractivity contribution in [2.75, 3.05) is 46.2 Å². The lowest BCUT2D eigenvalue weighted by molar-refractivity contribution is -0.384. The van der Waals surface area contributed by atoms with E-state index in [0.29, 0.717) is 43.6 Å². The summed E-state index contributed by atoms with van der Waals surface area (Å²) in [6.07, 6.45) is 6.29. The molecule has 1 saturated carbocycles. The van der Waals surface area contributed by atoms with Crippen LogP contribution in [0.25, 0.3) is 0 Å². The molecule has 2 amide bonds. The van der Waals surface area contributed by atoms with Gasteiger partial charge in [0.1, 0.15) is 29.9 Å². The Morgan fingerprint density at radius 3 is 2.26 bits per heavy atom. The SMILES string of the molecule is C=CCOC12Oc3ccc(OC(=O)NCc4ccccc4)cc3C3C(CCCCO)C(CCCCO)C=C(C(=NOCc4ccccc4)CC1N(CCOCCO)C(=O)Oc1ccc([N+](=O)[O-])cc1)C32. The molecule has 6 unspecified atom stereocenters. The Hall–Kier alpha value is -6.63. The first kappa shape index (κ1) is 51.2. The molecule has 7 rings (SSSR count). The maximum Gasteiger partial charge on any atom is 0.415 e. The predicted molar refractivity (Wildman–Crippen MR) is 259 cm³/mol. The molecular formula is C53H62N4O13. The Kier molecular flexibility index (Phi) is 18.5. The highest BCUT2D eigenvalue weighted by atomic mass is 16.7. The first-order valence-electron chi connectivity index (χ1n) is 23.8. The smallest absolute Gasteiger partial charge is 0.415 e. The number of nitro groups is 1. The maximum atomic E-state index is 14.9. The highest BCUT2D eigenvalue weighted by Gasteiger charge is 2.65. The number of rotatable bonds is 25. The van der Waals surface area contributed by atoms with Crippen LogP contribution in [0.15, 0.2) is 133 Å². The second-order valence-corrected chi connectivity index (χ2v) is 17.4. The normalized spacial score (nSPS) is 21.6. The van der Waals surface area contributed by atoms with Crippen molar-refractivity contribution in [1.82, 2.24) is 10.2 Å². The van der Waals surface area contributed by atoms with Gasteiger partial charge in [-0.15, -0.1) is 6.58 Å². The van der Waals surface area contributed by atoms with E-state index in [9.17, 15) is 35.0 Å². The second kappa shape index (κ2) is 25.3. The summed E-state index contributed by atoms with van der Waals surface area (Å²) >= 11 is 0. The number of nitro benzene ring substituents is 1. The maximum absolute atomic E-state index is 14.9. The Balaban J connectivity index is 1.39. The number of non-ortho nitro benzene ring substituents is 1. The minimum atomic E-state index is -1.68. The summed E-state index contributed by atoms with van der Waals surface area (Å²) in [5, 5.41) is 48.8. The molecule has 4 aromatic carbocycles. The van der Waals surface area contributed by atoms with Crippen LogP contribution in [0.5, 0.6) is 17.2 Å². The average molecular weight is 963 g/mol. The molecule has 6 atom stereocenters. The molecule has 3 aliphatic rings. The highest BCUT2D eigenvalue weighted by molar-refractivity contribution is 6.03. The zero-order valence-corrected chi connectivity index (χ0v) is 39.1. The van der Waals surface area contributed by atoms with Crippen molar-refractivity contribution < 1.29 is 58.4 Å². The third-order valence-electron chi connectivity index (χ3n) is 13.0. The number of ether oxygens (including phenoxy) is 5. The van der Waals surface area contributed by atoms with Crippen LogP contribution in [0.3, 0.4) is 0 Å². The number of fused-ring (bicyclic) bond motifs is 2. The van der Waals surface area contributed by atoms with Crippen molar-refractivity contribution in [2.24, 2.45) is 22.9 Å². The first-order valence-corrected chi connectivity index (χ1v) is 23.8. The first-order chi connectivity index (χ1) is 34.2. The van der Waals surface area contributed by atoms with Gasteiger partial charge in [-0.1, -0.05) is 90.8 Å². The van der Waals surface area contributed by atoms with Gasteiger partial charge in [-0.05, 0) is 84.6 Å². The number of nitrogens with one attached hydrogen (secondary N) is 1. The van der Waals surface area contributed by atoms with Gasteiger partial charge in [0.2, 0.25) is 5.79 Å². The standard InChI is InChI=1S/C53H62N4O13/c1-2-29-66-53-48(56(25-30-65-31-28-60)52(62)69-41-21-19-40(20-22-41)57(63)64)34-46(55-67-36-38-15-7-4-8-16-38)44-32-39(17-9-11-26-58)43(18-10-12-27-59)49(50(44)53)45-33-42(23-24-47(45)70-53)68-51(61)54-35-37-13-5-3-6-14-37/h2-8,13-16,19-24,32-33,39,43,48-50,58-60H,1,9-12,17-18,25-31,34-36H2,(H,54,61). The number of carbonyl (C=O) groups excluding carboxylic acids is 2. The summed E-state index contributed by atoms with van der Waals surface area (Å²) in [5.41, 5.74) is 3.64. The largest absolute Gasteiger partial charge is 0.459 e. The van der Waals surface area contributed by atoms with Crippen molar-refractivity contribution in [1.29, 1.82) is 0 Å². The van der Waals surface area contributed by atoms with E-state index < -0.39 is 40.8 Å². The zero-order valence-electron chi connectivity index (χ0n) is 39.1. The molecule has 0 aromatic heterocycles. The van der Waals surface area contributed by atoms with Gasteiger partial charge in [0.25, 0.3) is 5.69 Å². The topological polar surface area (TPSA) is 221 Å². The fourth-order valence-corrected chi connectivity index (χ4v) is 9.88. The van der Waals surface area contributed by atoms with E-state index in [1.54, 1.807) is 18.2 Å². The highest BCUT2D eigenvalue weighted by Crippen LogP contribution is 2.62. The molecule has 1 aliphatic heterocycles. The van der Waals surface area contributed by atoms with Crippen LogP contribution in [0, 0.1) is 27.9 Å². The van der Waals surface area contributed by atoms with Crippen LogP contribution in [-0.4, -0.2) is 101 Å². The zero-order chi connectivity index (χ0) is 49.3. The summed E-state index contributed by atoms with van der Waals surface area (Å²) in [5.74, 6) is -2.28. The van der Waals surface area contributed by atoms with Gasteiger partial charge in [-0.2, -0.15) is 0 Å². The van der Waals surface area contributed by atoms with E-state index in [-0.39, 0.29) is 94.8 Å². The van der Waals surface area contributed by atoms with Gasteiger partial charge in [0.05, 0.1) is 43.0 Å². The quantitative estimate of drug-likeness (QED) is 0.0213. The number of hydrogen-bond acceptors (Lipinski definition) is 14. The van der Waals surface area contributed by atoms with Crippen molar-refractivity contribution in [2.45, 2.75) is 75.8 Å². The molecule has 70 heavy (non-hydrogen) atoms. The van der Waals surface area contributed by atoms with Crippen LogP contribution in [0.2, 0.25) is 0 Å². The summed E-state index contributed by atoms with van der Waals surface area (Å²) in [7, 11) is 0. The number of aliphatic hydroxyl groups is 3. The van der Waals surface area contributed by atoms with Crippen molar-refractivity contribution in [3.63, 3.8) is 0 Å². The molecule has 1 fully saturated rings. The number of aliphatic hydroxyl groups excluding tert-OH is 3. The molecule has 2 aliphatic carbocycles. The van der Waals surface area contributed by atoms with Crippen LogP contribution < -0.4 is 19.5 Å². The van der Waals surface area contributed by atoms with Gasteiger partial charge < -0.3 is 49.2 Å². The number of nitrogens with zero attached hydrogens (tertiary/aromatic N) is 3. The number of amides is 2. The number of allylic oxidation sites excluding steroid dienone is 1. The number of unbranched alkanes of at least 4 members (excludes halogenated alkanes) is 2. The fourth-order valence-electron chi connectivity index (χ4n) is 9.88. The number of hydrogen-bond donors (Lipinski definition) is 4. The van der Waals surface area contributed by atoms with E-state index in [0.717, 1.165) is 28.7 Å². The molecule has 0 spiro atoms. The Bertz CT molecular complexity index is 2420. The Labute approximate surface area is 407 Å². The molecule has 372 valence electrons. The van der Waals surface area contributed by atoms with E-state index in [1.807, 2.05) is 66.7 Å². The van der Waals surface area contributed by atoms with E-state index >= 15 is 0 Å². The Morgan fingerprint density at radius 2 is 1.57 bits per heavy atom. The summed E-state index contributed by atoms with van der Waals surface area (Å²) in [6, 6.07) is 28.4. The molecule has 17 nitrogen and oxygen atoms in total. The monoisotopic (exact) mass is 962 g/mol. The number of oxime groups is 1. The minimum Gasteiger partial charge on any atom is -0.459 e. The van der Waals surface area contributed by atoms with Crippen LogP contribution >= 0.6 is 0 Å². The summed E-state index contributed by atoms with van der Waals surface area (Å²) in [6.45, 7) is 4.04. The summed E-state index contributed by atoms with van der Waals surface area (Å²) < 4.78 is 32.0. The predicted octanol–water partition coefficient (Wildman–Crippen LogP) is 8.23. The van der Waals surface area contributed by atoms with Gasteiger partial charge in [-0.3, -0.25) is 15.0 Å². The van der Waals surface area contributed by atoms with Crippen molar-refractivity contribution in [3.05, 3.63) is 154 Å². The van der Waals surface area contributed by atoms with Gasteiger partial charge in [0.15, 0.2) is 0 Å². The molecule has 1 heterocycles. The van der Waals surface area contributed by atoms with Crippen molar-refractivity contribution >= 4 is 23.6 Å². The number of carbonyl (C=O) groups is 2. The Morgan fingerprint density at radius 1 is 0.871 bits per heavy atom. The van der Waals surface area contributed by atoms with Gasteiger partial charge >= 0.3 is 12.2 Å². The lowest BCUT2D eigenvalue weighted by Gasteiger charge is -2.59. The van der Waals surface area contributed by atoms with Gasteiger partial charge in [0, 0.05) is 56.3 Å². The van der Waals surface area contributed by atoms with Crippen molar-refractivity contribution in [3.8, 4) is 17.2 Å². The van der Waals surface area contributed by atoms with E-state index in [4.69, 9.17) is 33.7 Å². The average Bonchev–Trinajstić information content (AvgIpc) is 3.37. The molecule has 0 radical (unpaired) electrons. The molecular weight excluding hydrogens is 901 g/mol. The van der Waals surface area contributed by atoms with Crippen LogP contribution in [-0.2, 0) is 27.5 Å². The third-order valence-corrected chi connectivity index (χ3v) is 13.0. The molecule has 0 bridgehead atoms. The van der Waals surface area contributed by atoms with Gasteiger partial charge in [-0.25, -0.2) is 9.59 Å². The van der Waals surface area contributed by atoms with E-state index in [2.05, 4.69) is 18.0 Å².